The minimum absolute atomic E-state index is 0.359. The van der Waals surface area contributed by atoms with Crippen LogP contribution in [-0.4, -0.2) is 51.3 Å². The van der Waals surface area contributed by atoms with Gasteiger partial charge in [-0.1, -0.05) is 6.07 Å². The van der Waals surface area contributed by atoms with Gasteiger partial charge in [0.1, 0.15) is 6.07 Å². The van der Waals surface area contributed by atoms with E-state index in [9.17, 15) is 13.7 Å². The highest BCUT2D eigenvalue weighted by Gasteiger charge is 2.51. The van der Waals surface area contributed by atoms with Crippen molar-refractivity contribution in [3.05, 3.63) is 23.8 Å². The largest absolute Gasteiger partial charge is 0.494 e. The summed E-state index contributed by atoms with van der Waals surface area (Å²) in [5, 5.41) is 9.15. The fourth-order valence-corrected chi connectivity index (χ4v) is 3.85. The Kier molecular flexibility index (Phi) is 4.18. The van der Waals surface area contributed by atoms with Crippen LogP contribution in [0.15, 0.2) is 18.2 Å². The second kappa shape index (κ2) is 5.73. The van der Waals surface area contributed by atoms with Gasteiger partial charge in [0.2, 0.25) is 0 Å². The summed E-state index contributed by atoms with van der Waals surface area (Å²) in [6.07, 6.45) is 1.25. The van der Waals surface area contributed by atoms with Gasteiger partial charge < -0.3 is 14.2 Å². The SMILES string of the molecule is CC1(C)OB(c2ccc(N3CC(S(C)(=O)=O)C3)c(C#N)c2)OC1(C)C. The summed E-state index contributed by atoms with van der Waals surface area (Å²) in [7, 11) is -3.56. The lowest BCUT2D eigenvalue weighted by atomic mass is 9.78. The van der Waals surface area contributed by atoms with E-state index >= 15 is 0 Å². The number of rotatable bonds is 3. The summed E-state index contributed by atoms with van der Waals surface area (Å²) in [6.45, 7) is 8.78. The summed E-state index contributed by atoms with van der Waals surface area (Å²) in [6, 6.07) is 7.70. The quantitative estimate of drug-likeness (QED) is 0.749. The molecule has 0 aromatic heterocycles. The first kappa shape index (κ1) is 18.2. The number of hydrogen-bond donors (Lipinski definition) is 0. The smallest absolute Gasteiger partial charge is 0.399 e. The Labute approximate surface area is 149 Å². The molecule has 0 radical (unpaired) electrons. The van der Waals surface area contributed by atoms with Gasteiger partial charge in [-0.2, -0.15) is 5.26 Å². The highest BCUT2D eigenvalue weighted by Crippen LogP contribution is 2.37. The molecule has 2 aliphatic rings. The van der Waals surface area contributed by atoms with Crippen LogP contribution < -0.4 is 10.4 Å². The first-order chi connectivity index (χ1) is 11.4. The van der Waals surface area contributed by atoms with Gasteiger partial charge in [-0.15, -0.1) is 0 Å². The van der Waals surface area contributed by atoms with E-state index in [0.717, 1.165) is 11.2 Å². The number of nitriles is 1. The maximum Gasteiger partial charge on any atom is 0.494 e. The molecule has 134 valence electrons. The molecule has 25 heavy (non-hydrogen) atoms. The van der Waals surface area contributed by atoms with Crippen LogP contribution in [0.3, 0.4) is 0 Å². The predicted molar refractivity (Wildman–Crippen MR) is 97.7 cm³/mol. The lowest BCUT2D eigenvalue weighted by molar-refractivity contribution is 0.00578. The number of benzene rings is 1. The van der Waals surface area contributed by atoms with E-state index in [4.69, 9.17) is 9.31 Å². The fourth-order valence-electron chi connectivity index (χ4n) is 2.95. The zero-order valence-corrected chi connectivity index (χ0v) is 16.1. The third kappa shape index (κ3) is 3.17. The summed E-state index contributed by atoms with van der Waals surface area (Å²) < 4.78 is 35.2. The Hall–Kier alpha value is -1.56. The summed E-state index contributed by atoms with van der Waals surface area (Å²) in [5.41, 5.74) is 1.16. The Bertz CT molecular complexity index is 823. The molecule has 0 spiro atoms. The van der Waals surface area contributed by atoms with Crippen molar-refractivity contribution in [3.63, 3.8) is 0 Å². The van der Waals surface area contributed by atoms with Gasteiger partial charge in [-0.05, 0) is 45.3 Å². The van der Waals surface area contributed by atoms with Crippen LogP contribution >= 0.6 is 0 Å². The minimum atomic E-state index is -3.04. The first-order valence-electron chi connectivity index (χ1n) is 8.28. The molecule has 2 aliphatic heterocycles. The lowest BCUT2D eigenvalue weighted by Gasteiger charge is -2.40. The van der Waals surface area contributed by atoms with E-state index in [0.29, 0.717) is 18.7 Å². The van der Waals surface area contributed by atoms with Crippen LogP contribution in [0.5, 0.6) is 0 Å². The zero-order valence-electron chi connectivity index (χ0n) is 15.2. The summed E-state index contributed by atoms with van der Waals surface area (Å²) in [4.78, 5) is 1.91. The van der Waals surface area contributed by atoms with Gasteiger partial charge in [0, 0.05) is 19.3 Å². The maximum absolute atomic E-state index is 11.6. The third-order valence-corrected chi connectivity index (χ3v) is 6.97. The summed E-state index contributed by atoms with van der Waals surface area (Å²) in [5.74, 6) is 0. The molecule has 0 saturated carbocycles. The molecule has 6 nitrogen and oxygen atoms in total. The molecule has 3 rings (SSSR count). The van der Waals surface area contributed by atoms with Crippen molar-refractivity contribution in [2.45, 2.75) is 44.1 Å². The number of anilines is 1. The molecular weight excluding hydrogens is 339 g/mol. The van der Waals surface area contributed by atoms with E-state index < -0.39 is 28.2 Å². The van der Waals surface area contributed by atoms with Crippen LogP contribution in [0.25, 0.3) is 0 Å². The fraction of sp³-hybridized carbons (Fsp3) is 0.588. The zero-order chi connectivity index (χ0) is 18.6. The predicted octanol–water partition coefficient (Wildman–Crippen LogP) is 1.09. The molecule has 0 amide bonds. The van der Waals surface area contributed by atoms with Gasteiger partial charge in [0.05, 0.1) is 27.7 Å². The molecule has 2 fully saturated rings. The standard InChI is InChI=1S/C17H23BN2O4S/c1-16(2)17(3,4)24-18(23-16)13-6-7-15(12(8-13)9-19)20-10-14(11-20)25(5,21)22/h6-8,14H,10-11H2,1-5H3. The molecule has 0 bridgehead atoms. The Morgan fingerprint density at radius 2 is 1.76 bits per heavy atom. The molecule has 8 heteroatoms. The Balaban J connectivity index is 1.82. The summed E-state index contributed by atoms with van der Waals surface area (Å²) >= 11 is 0. The van der Waals surface area contributed by atoms with Crippen molar-refractivity contribution in [2.24, 2.45) is 0 Å². The molecule has 1 aromatic rings. The first-order valence-corrected chi connectivity index (χ1v) is 10.2. The second-order valence-electron chi connectivity index (χ2n) is 7.83. The number of sulfone groups is 1. The highest BCUT2D eigenvalue weighted by atomic mass is 32.2. The lowest BCUT2D eigenvalue weighted by Crippen LogP contribution is -2.54. The molecule has 0 unspecified atom stereocenters. The molecular formula is C17H23BN2O4S. The van der Waals surface area contributed by atoms with E-state index in [2.05, 4.69) is 6.07 Å². The third-order valence-electron chi connectivity index (χ3n) is 5.46. The molecule has 0 N–H and O–H groups in total. The van der Waals surface area contributed by atoms with Gasteiger partial charge in [-0.3, -0.25) is 0 Å². The Morgan fingerprint density at radius 1 is 1.20 bits per heavy atom. The van der Waals surface area contributed by atoms with Crippen molar-refractivity contribution >= 4 is 28.1 Å². The molecule has 2 heterocycles. The average Bonchev–Trinajstić information content (AvgIpc) is 2.64. The normalized spacial score (nSPS) is 22.6. The van der Waals surface area contributed by atoms with Crippen molar-refractivity contribution in [3.8, 4) is 6.07 Å². The van der Waals surface area contributed by atoms with E-state index in [1.54, 1.807) is 6.07 Å². The van der Waals surface area contributed by atoms with Crippen molar-refractivity contribution in [1.82, 2.24) is 0 Å². The topological polar surface area (TPSA) is 79.6 Å². The maximum atomic E-state index is 11.6. The van der Waals surface area contributed by atoms with Crippen molar-refractivity contribution in [1.29, 1.82) is 5.26 Å². The van der Waals surface area contributed by atoms with Crippen LogP contribution in [0.4, 0.5) is 5.69 Å². The highest BCUT2D eigenvalue weighted by molar-refractivity contribution is 7.91. The van der Waals surface area contributed by atoms with Crippen LogP contribution in [-0.2, 0) is 19.1 Å². The second-order valence-corrected chi connectivity index (χ2v) is 10.2. The van der Waals surface area contributed by atoms with Gasteiger partial charge >= 0.3 is 7.12 Å². The molecule has 1 aromatic carbocycles. The van der Waals surface area contributed by atoms with Crippen LogP contribution in [0.2, 0.25) is 0 Å². The van der Waals surface area contributed by atoms with Gasteiger partial charge in [-0.25, -0.2) is 8.42 Å². The minimum Gasteiger partial charge on any atom is -0.399 e. The monoisotopic (exact) mass is 362 g/mol. The average molecular weight is 362 g/mol. The molecule has 0 atom stereocenters. The van der Waals surface area contributed by atoms with Crippen molar-refractivity contribution < 1.29 is 17.7 Å². The van der Waals surface area contributed by atoms with Gasteiger partial charge in [0.15, 0.2) is 9.84 Å². The van der Waals surface area contributed by atoms with Crippen molar-refractivity contribution in [2.75, 3.05) is 24.2 Å². The van der Waals surface area contributed by atoms with E-state index in [1.807, 2.05) is 44.7 Å². The van der Waals surface area contributed by atoms with E-state index in [-0.39, 0.29) is 5.25 Å². The van der Waals surface area contributed by atoms with Crippen LogP contribution in [0.1, 0.15) is 33.3 Å². The van der Waals surface area contributed by atoms with E-state index in [1.165, 1.54) is 6.26 Å². The Morgan fingerprint density at radius 3 is 2.24 bits per heavy atom. The number of hydrogen-bond acceptors (Lipinski definition) is 6. The number of nitrogens with zero attached hydrogens (tertiary/aromatic N) is 2. The van der Waals surface area contributed by atoms with Crippen LogP contribution in [0, 0.1) is 11.3 Å². The molecule has 2 saturated heterocycles. The van der Waals surface area contributed by atoms with Gasteiger partial charge in [0.25, 0.3) is 0 Å². The molecule has 0 aliphatic carbocycles.